The SMILES string of the molecule is CC(=O)c1cc(Cl)c2nc(Cc3ccc(F)cc3)[nH]c2c1O. The molecule has 2 N–H and O–H groups in total. The van der Waals surface area contributed by atoms with Gasteiger partial charge in [-0.05, 0) is 30.7 Å². The lowest BCUT2D eigenvalue weighted by atomic mass is 10.1. The number of fused-ring (bicyclic) bond motifs is 1. The molecule has 0 saturated carbocycles. The molecular formula is C16H12ClFN2O2. The van der Waals surface area contributed by atoms with Crippen LogP contribution in [0.3, 0.4) is 0 Å². The molecule has 0 unspecified atom stereocenters. The lowest BCUT2D eigenvalue weighted by molar-refractivity contribution is 0.101. The highest BCUT2D eigenvalue weighted by Gasteiger charge is 2.17. The molecule has 0 aliphatic carbocycles. The molecule has 0 fully saturated rings. The van der Waals surface area contributed by atoms with Crippen LogP contribution in [0.2, 0.25) is 5.02 Å². The number of phenols is 1. The number of hydrogen-bond acceptors (Lipinski definition) is 3. The highest BCUT2D eigenvalue weighted by molar-refractivity contribution is 6.35. The van der Waals surface area contributed by atoms with E-state index in [0.29, 0.717) is 28.3 Å². The first kappa shape index (κ1) is 14.5. The molecule has 22 heavy (non-hydrogen) atoms. The summed E-state index contributed by atoms with van der Waals surface area (Å²) in [6.45, 7) is 1.35. The molecule has 3 rings (SSSR count). The fourth-order valence-corrected chi connectivity index (χ4v) is 2.56. The summed E-state index contributed by atoms with van der Waals surface area (Å²) in [4.78, 5) is 18.8. The minimum atomic E-state index is -0.305. The Bertz CT molecular complexity index is 872. The van der Waals surface area contributed by atoms with Crippen LogP contribution >= 0.6 is 11.6 Å². The van der Waals surface area contributed by atoms with Crippen LogP contribution in [0.1, 0.15) is 28.7 Å². The van der Waals surface area contributed by atoms with Gasteiger partial charge in [0.25, 0.3) is 0 Å². The number of rotatable bonds is 3. The molecule has 0 atom stereocenters. The Hall–Kier alpha value is -2.40. The van der Waals surface area contributed by atoms with E-state index in [0.717, 1.165) is 5.56 Å². The molecule has 0 aliphatic rings. The van der Waals surface area contributed by atoms with E-state index in [9.17, 15) is 14.3 Å². The summed E-state index contributed by atoms with van der Waals surface area (Å²) >= 11 is 6.12. The molecule has 0 spiro atoms. The Morgan fingerprint density at radius 3 is 2.68 bits per heavy atom. The zero-order valence-corrected chi connectivity index (χ0v) is 12.4. The minimum Gasteiger partial charge on any atom is -0.505 e. The Kier molecular flexibility index (Phi) is 3.58. The summed E-state index contributed by atoms with van der Waals surface area (Å²) in [5.41, 5.74) is 1.74. The van der Waals surface area contributed by atoms with Gasteiger partial charge in [0.2, 0.25) is 0 Å². The molecule has 6 heteroatoms. The molecular weight excluding hydrogens is 307 g/mol. The predicted molar refractivity (Wildman–Crippen MR) is 82.0 cm³/mol. The second kappa shape index (κ2) is 5.42. The number of aromatic amines is 1. The maximum absolute atomic E-state index is 12.9. The second-order valence-electron chi connectivity index (χ2n) is 5.02. The first-order chi connectivity index (χ1) is 10.5. The van der Waals surface area contributed by atoms with Gasteiger partial charge in [0.05, 0.1) is 10.6 Å². The van der Waals surface area contributed by atoms with Gasteiger partial charge in [0, 0.05) is 6.42 Å². The van der Waals surface area contributed by atoms with Gasteiger partial charge in [-0.2, -0.15) is 0 Å². The van der Waals surface area contributed by atoms with Gasteiger partial charge in [-0.25, -0.2) is 9.37 Å². The van der Waals surface area contributed by atoms with Gasteiger partial charge in [0.15, 0.2) is 11.5 Å². The summed E-state index contributed by atoms with van der Waals surface area (Å²) in [7, 11) is 0. The Morgan fingerprint density at radius 2 is 2.05 bits per heavy atom. The quantitative estimate of drug-likeness (QED) is 0.721. The fourth-order valence-electron chi connectivity index (χ4n) is 2.31. The first-order valence-corrected chi connectivity index (χ1v) is 6.99. The second-order valence-corrected chi connectivity index (χ2v) is 5.43. The topological polar surface area (TPSA) is 66.0 Å². The van der Waals surface area contributed by atoms with Gasteiger partial charge in [-0.1, -0.05) is 23.7 Å². The van der Waals surface area contributed by atoms with Crippen LogP contribution in [0.4, 0.5) is 4.39 Å². The van der Waals surface area contributed by atoms with E-state index in [2.05, 4.69) is 9.97 Å². The molecule has 2 aromatic carbocycles. The van der Waals surface area contributed by atoms with E-state index in [4.69, 9.17) is 11.6 Å². The molecule has 112 valence electrons. The number of H-pyrrole nitrogens is 1. The van der Waals surface area contributed by atoms with Crippen molar-refractivity contribution in [2.24, 2.45) is 0 Å². The van der Waals surface area contributed by atoms with Gasteiger partial charge in [-0.15, -0.1) is 0 Å². The van der Waals surface area contributed by atoms with E-state index < -0.39 is 0 Å². The third-order valence-electron chi connectivity index (χ3n) is 3.41. The van der Waals surface area contributed by atoms with Crippen LogP contribution in [0.15, 0.2) is 30.3 Å². The van der Waals surface area contributed by atoms with Crippen molar-refractivity contribution in [3.63, 3.8) is 0 Å². The highest BCUT2D eigenvalue weighted by atomic mass is 35.5. The number of benzene rings is 2. The molecule has 0 bridgehead atoms. The number of phenolic OH excluding ortho intramolecular Hbond substituents is 1. The summed E-state index contributed by atoms with van der Waals surface area (Å²) < 4.78 is 12.9. The summed E-state index contributed by atoms with van der Waals surface area (Å²) in [6, 6.07) is 7.46. The average Bonchev–Trinajstić information content (AvgIpc) is 2.90. The van der Waals surface area contributed by atoms with Gasteiger partial charge >= 0.3 is 0 Å². The van der Waals surface area contributed by atoms with Gasteiger partial charge < -0.3 is 10.1 Å². The number of hydrogen-bond donors (Lipinski definition) is 2. The molecule has 4 nitrogen and oxygen atoms in total. The minimum absolute atomic E-state index is 0.148. The van der Waals surface area contributed by atoms with E-state index in [1.165, 1.54) is 25.1 Å². The summed E-state index contributed by atoms with van der Waals surface area (Å²) in [5, 5.41) is 10.5. The van der Waals surface area contributed by atoms with Crippen LogP contribution < -0.4 is 0 Å². The van der Waals surface area contributed by atoms with Crippen LogP contribution in [-0.2, 0) is 6.42 Å². The Balaban J connectivity index is 2.06. The number of carbonyl (C=O) groups excluding carboxylic acids is 1. The molecule has 1 aromatic heterocycles. The zero-order chi connectivity index (χ0) is 15.9. The van der Waals surface area contributed by atoms with E-state index in [1.54, 1.807) is 12.1 Å². The Labute approximate surface area is 130 Å². The third kappa shape index (κ3) is 2.55. The van der Waals surface area contributed by atoms with E-state index >= 15 is 0 Å². The zero-order valence-electron chi connectivity index (χ0n) is 11.7. The number of Topliss-reactive ketones (excluding diaryl/α,β-unsaturated/α-hetero) is 1. The Morgan fingerprint density at radius 1 is 1.36 bits per heavy atom. The number of halogens is 2. The normalized spacial score (nSPS) is 11.0. The van der Waals surface area contributed by atoms with Crippen molar-refractivity contribution < 1.29 is 14.3 Å². The predicted octanol–water partition coefficient (Wildman–Crippen LogP) is 3.85. The number of aromatic nitrogens is 2. The smallest absolute Gasteiger partial charge is 0.163 e. The van der Waals surface area contributed by atoms with Crippen molar-refractivity contribution in [2.75, 3.05) is 0 Å². The molecule has 0 aliphatic heterocycles. The molecule has 0 amide bonds. The number of carbonyl (C=O) groups is 1. The van der Waals surface area contributed by atoms with Gasteiger partial charge in [-0.3, -0.25) is 4.79 Å². The van der Waals surface area contributed by atoms with E-state index in [1.807, 2.05) is 0 Å². The molecule has 3 aromatic rings. The van der Waals surface area contributed by atoms with Crippen molar-refractivity contribution in [3.05, 3.63) is 58.1 Å². The van der Waals surface area contributed by atoms with Crippen LogP contribution in [0.25, 0.3) is 11.0 Å². The lowest BCUT2D eigenvalue weighted by Crippen LogP contribution is -1.93. The molecule has 1 heterocycles. The van der Waals surface area contributed by atoms with E-state index in [-0.39, 0.29) is 22.9 Å². The standard InChI is InChI=1S/C16H12ClFN2O2/c1-8(21)11-7-12(17)14-15(16(11)22)20-13(19-14)6-9-2-4-10(18)5-3-9/h2-5,7,22H,6H2,1H3,(H,19,20). The largest absolute Gasteiger partial charge is 0.505 e. The van der Waals surface area contributed by atoms with Crippen LogP contribution in [0.5, 0.6) is 5.75 Å². The number of ketones is 1. The maximum Gasteiger partial charge on any atom is 0.163 e. The molecule has 0 radical (unpaired) electrons. The van der Waals surface area contributed by atoms with Crippen molar-refractivity contribution in [3.8, 4) is 5.75 Å². The number of imidazole rings is 1. The monoisotopic (exact) mass is 318 g/mol. The average molecular weight is 319 g/mol. The number of aromatic hydroxyl groups is 1. The fraction of sp³-hybridized carbons (Fsp3) is 0.125. The van der Waals surface area contributed by atoms with Crippen molar-refractivity contribution in [2.45, 2.75) is 13.3 Å². The number of nitrogens with one attached hydrogen (secondary N) is 1. The van der Waals surface area contributed by atoms with Crippen LogP contribution in [-0.4, -0.2) is 20.9 Å². The highest BCUT2D eigenvalue weighted by Crippen LogP contribution is 2.33. The lowest BCUT2D eigenvalue weighted by Gasteiger charge is -2.02. The summed E-state index contributed by atoms with van der Waals surface area (Å²) in [6.07, 6.45) is 0.431. The van der Waals surface area contributed by atoms with Gasteiger partial charge in [0.1, 0.15) is 22.7 Å². The van der Waals surface area contributed by atoms with Crippen LogP contribution in [0, 0.1) is 5.82 Å². The molecule has 0 saturated heterocycles. The summed E-state index contributed by atoms with van der Waals surface area (Å²) in [5.74, 6) is -0.180. The van der Waals surface area contributed by atoms with Crippen molar-refractivity contribution in [1.29, 1.82) is 0 Å². The number of nitrogens with zero attached hydrogens (tertiary/aromatic N) is 1. The third-order valence-corrected chi connectivity index (χ3v) is 3.69. The first-order valence-electron chi connectivity index (χ1n) is 6.61. The van der Waals surface area contributed by atoms with Crippen molar-refractivity contribution in [1.82, 2.24) is 9.97 Å². The maximum atomic E-state index is 12.9. The van der Waals surface area contributed by atoms with Crippen molar-refractivity contribution >= 4 is 28.4 Å².